The Kier molecular flexibility index (Phi) is 6.50. The highest BCUT2D eigenvalue weighted by Gasteiger charge is 2.22. The lowest BCUT2D eigenvalue weighted by molar-refractivity contribution is -0.138. The average molecular weight is 354 g/mol. The van der Waals surface area contributed by atoms with Crippen LogP contribution in [0.25, 0.3) is 11.3 Å². The molecule has 1 heterocycles. The molecule has 0 fully saturated rings. The van der Waals surface area contributed by atoms with Gasteiger partial charge < -0.3 is 9.64 Å². The van der Waals surface area contributed by atoms with Crippen LogP contribution in [-0.4, -0.2) is 40.5 Å². The third kappa shape index (κ3) is 4.69. The number of aromatic nitrogens is 1. The summed E-state index contributed by atoms with van der Waals surface area (Å²) in [6.45, 7) is 9.26. The second kappa shape index (κ2) is 8.61. The quantitative estimate of drug-likeness (QED) is 0.739. The Hall–Kier alpha value is -2.69. The summed E-state index contributed by atoms with van der Waals surface area (Å²) in [5.41, 5.74) is 2.73. The van der Waals surface area contributed by atoms with Gasteiger partial charge in [-0.25, -0.2) is 4.79 Å². The lowest BCUT2D eigenvalue weighted by Gasteiger charge is -2.30. The minimum Gasteiger partial charge on any atom is -0.452 e. The SMILES string of the molecule is Cc1nc(-c2ccccc2)ccc1C(=O)OCC(=O)N(C(C)C)C(C)C. The minimum absolute atomic E-state index is 0.0507. The van der Waals surface area contributed by atoms with Crippen LogP contribution in [0.2, 0.25) is 0 Å². The van der Waals surface area contributed by atoms with Crippen LogP contribution < -0.4 is 0 Å². The molecular formula is C21H26N2O3. The average Bonchev–Trinajstić information content (AvgIpc) is 2.59. The fourth-order valence-electron chi connectivity index (χ4n) is 3.00. The van der Waals surface area contributed by atoms with E-state index in [1.54, 1.807) is 24.0 Å². The smallest absolute Gasteiger partial charge is 0.340 e. The molecule has 2 aromatic rings. The normalized spacial score (nSPS) is 10.9. The molecule has 26 heavy (non-hydrogen) atoms. The summed E-state index contributed by atoms with van der Waals surface area (Å²) in [6.07, 6.45) is 0. The van der Waals surface area contributed by atoms with E-state index in [-0.39, 0.29) is 24.6 Å². The van der Waals surface area contributed by atoms with Crippen LogP contribution in [0.3, 0.4) is 0 Å². The van der Waals surface area contributed by atoms with Gasteiger partial charge in [0.1, 0.15) is 0 Å². The van der Waals surface area contributed by atoms with Crippen LogP contribution in [0.5, 0.6) is 0 Å². The summed E-state index contributed by atoms with van der Waals surface area (Å²) < 4.78 is 5.23. The largest absolute Gasteiger partial charge is 0.452 e. The molecule has 0 aliphatic carbocycles. The number of aryl methyl sites for hydroxylation is 1. The van der Waals surface area contributed by atoms with E-state index < -0.39 is 5.97 Å². The molecule has 1 aromatic carbocycles. The molecule has 0 spiro atoms. The number of ether oxygens (including phenoxy) is 1. The Morgan fingerprint density at radius 3 is 2.15 bits per heavy atom. The number of amides is 1. The van der Waals surface area contributed by atoms with Crippen molar-refractivity contribution in [2.75, 3.05) is 6.61 Å². The summed E-state index contributed by atoms with van der Waals surface area (Å²) in [6, 6.07) is 13.3. The predicted molar refractivity (Wildman–Crippen MR) is 102 cm³/mol. The summed E-state index contributed by atoms with van der Waals surface area (Å²) in [5.74, 6) is -0.731. The lowest BCUT2D eigenvalue weighted by atomic mass is 10.1. The third-order valence-electron chi connectivity index (χ3n) is 4.10. The van der Waals surface area contributed by atoms with Gasteiger partial charge in [-0.3, -0.25) is 9.78 Å². The van der Waals surface area contributed by atoms with Crippen LogP contribution >= 0.6 is 0 Å². The molecule has 1 amide bonds. The van der Waals surface area contributed by atoms with E-state index >= 15 is 0 Å². The van der Waals surface area contributed by atoms with Gasteiger partial charge in [0, 0.05) is 17.6 Å². The molecule has 0 aliphatic heterocycles. The first-order chi connectivity index (χ1) is 12.3. The van der Waals surface area contributed by atoms with Crippen LogP contribution in [0.15, 0.2) is 42.5 Å². The molecule has 0 radical (unpaired) electrons. The van der Waals surface area contributed by atoms with Gasteiger partial charge >= 0.3 is 5.97 Å². The first kappa shape index (κ1) is 19.6. The van der Waals surface area contributed by atoms with Crippen molar-refractivity contribution in [2.24, 2.45) is 0 Å². The third-order valence-corrected chi connectivity index (χ3v) is 4.10. The Morgan fingerprint density at radius 2 is 1.62 bits per heavy atom. The zero-order valence-electron chi connectivity index (χ0n) is 16.0. The minimum atomic E-state index is -0.532. The monoisotopic (exact) mass is 354 g/mol. The standard InChI is InChI=1S/C21H26N2O3/c1-14(2)23(15(3)4)20(24)13-26-21(25)18-11-12-19(22-16(18)5)17-9-7-6-8-10-17/h6-12,14-15H,13H2,1-5H3. The van der Waals surface area contributed by atoms with E-state index in [4.69, 9.17) is 4.74 Å². The van der Waals surface area contributed by atoms with E-state index in [9.17, 15) is 9.59 Å². The zero-order valence-corrected chi connectivity index (χ0v) is 16.0. The summed E-state index contributed by atoms with van der Waals surface area (Å²) in [5, 5.41) is 0. The molecule has 1 aromatic heterocycles. The second-order valence-corrected chi connectivity index (χ2v) is 6.76. The van der Waals surface area contributed by atoms with E-state index in [1.807, 2.05) is 58.0 Å². The molecule has 0 bridgehead atoms. The lowest BCUT2D eigenvalue weighted by Crippen LogP contribution is -2.44. The number of rotatable bonds is 6. The van der Waals surface area contributed by atoms with Crippen molar-refractivity contribution in [1.29, 1.82) is 0 Å². The van der Waals surface area contributed by atoms with Crippen molar-refractivity contribution in [3.63, 3.8) is 0 Å². The zero-order chi connectivity index (χ0) is 19.3. The number of carbonyl (C=O) groups is 2. The van der Waals surface area contributed by atoms with Gasteiger partial charge in [0.15, 0.2) is 6.61 Å². The fourth-order valence-corrected chi connectivity index (χ4v) is 3.00. The first-order valence-electron chi connectivity index (χ1n) is 8.82. The molecule has 0 unspecified atom stereocenters. The van der Waals surface area contributed by atoms with Gasteiger partial charge in [0.25, 0.3) is 5.91 Å². The fraction of sp³-hybridized carbons (Fsp3) is 0.381. The first-order valence-corrected chi connectivity index (χ1v) is 8.82. The van der Waals surface area contributed by atoms with Crippen LogP contribution in [0.1, 0.15) is 43.7 Å². The number of nitrogens with zero attached hydrogens (tertiary/aromatic N) is 2. The van der Waals surface area contributed by atoms with E-state index in [1.165, 1.54) is 0 Å². The van der Waals surface area contributed by atoms with Crippen LogP contribution in [0.4, 0.5) is 0 Å². The summed E-state index contributed by atoms with van der Waals surface area (Å²) >= 11 is 0. The number of hydrogen-bond donors (Lipinski definition) is 0. The molecular weight excluding hydrogens is 328 g/mol. The Balaban J connectivity index is 2.07. The number of carbonyl (C=O) groups excluding carboxylic acids is 2. The summed E-state index contributed by atoms with van der Waals surface area (Å²) in [4.78, 5) is 30.9. The number of pyridine rings is 1. The van der Waals surface area contributed by atoms with Gasteiger partial charge in [-0.05, 0) is 46.8 Å². The maximum atomic E-state index is 12.3. The van der Waals surface area contributed by atoms with Crippen molar-refractivity contribution in [3.8, 4) is 11.3 Å². The Bertz CT molecular complexity index is 762. The maximum absolute atomic E-state index is 12.3. The molecule has 5 nitrogen and oxygen atoms in total. The highest BCUT2D eigenvalue weighted by Crippen LogP contribution is 2.19. The molecule has 0 aliphatic rings. The van der Waals surface area contributed by atoms with E-state index in [0.717, 1.165) is 11.3 Å². The van der Waals surface area contributed by atoms with Crippen molar-refractivity contribution < 1.29 is 14.3 Å². The second-order valence-electron chi connectivity index (χ2n) is 6.76. The predicted octanol–water partition coefficient (Wildman–Crippen LogP) is 3.86. The Labute approximate surface area is 155 Å². The van der Waals surface area contributed by atoms with Gasteiger partial charge in [-0.2, -0.15) is 0 Å². The van der Waals surface area contributed by atoms with Gasteiger partial charge in [0.05, 0.1) is 17.0 Å². The maximum Gasteiger partial charge on any atom is 0.340 e. The molecule has 5 heteroatoms. The number of benzene rings is 1. The van der Waals surface area contributed by atoms with E-state index in [2.05, 4.69) is 4.98 Å². The topological polar surface area (TPSA) is 59.5 Å². The number of esters is 1. The molecule has 2 rings (SSSR count). The number of hydrogen-bond acceptors (Lipinski definition) is 4. The molecule has 0 atom stereocenters. The molecule has 0 saturated carbocycles. The molecule has 0 N–H and O–H groups in total. The van der Waals surface area contributed by atoms with Crippen LogP contribution in [0, 0.1) is 6.92 Å². The van der Waals surface area contributed by atoms with Crippen LogP contribution in [-0.2, 0) is 9.53 Å². The Morgan fingerprint density at radius 1 is 1.00 bits per heavy atom. The molecule has 138 valence electrons. The highest BCUT2D eigenvalue weighted by atomic mass is 16.5. The van der Waals surface area contributed by atoms with Gasteiger partial charge in [0.2, 0.25) is 0 Å². The van der Waals surface area contributed by atoms with Crippen molar-refractivity contribution in [2.45, 2.75) is 46.7 Å². The summed E-state index contributed by atoms with van der Waals surface area (Å²) in [7, 11) is 0. The molecule has 0 saturated heterocycles. The van der Waals surface area contributed by atoms with Crippen molar-refractivity contribution in [1.82, 2.24) is 9.88 Å². The van der Waals surface area contributed by atoms with E-state index in [0.29, 0.717) is 11.3 Å². The van der Waals surface area contributed by atoms with Gasteiger partial charge in [-0.15, -0.1) is 0 Å². The highest BCUT2D eigenvalue weighted by molar-refractivity contribution is 5.92. The van der Waals surface area contributed by atoms with Gasteiger partial charge in [-0.1, -0.05) is 30.3 Å². The van der Waals surface area contributed by atoms with Crippen molar-refractivity contribution in [3.05, 3.63) is 53.7 Å². The van der Waals surface area contributed by atoms with Crippen molar-refractivity contribution >= 4 is 11.9 Å².